The highest BCUT2D eigenvalue weighted by Crippen LogP contribution is 2.17. The number of aliphatic hydroxyl groups excluding tert-OH is 1. The summed E-state index contributed by atoms with van der Waals surface area (Å²) < 4.78 is 0. The van der Waals surface area contributed by atoms with Gasteiger partial charge in [-0.15, -0.1) is 0 Å². The molecule has 1 aliphatic carbocycles. The zero-order chi connectivity index (χ0) is 13.0. The highest BCUT2D eigenvalue weighted by atomic mass is 16.4. The van der Waals surface area contributed by atoms with Crippen LogP contribution >= 0.6 is 0 Å². The summed E-state index contributed by atoms with van der Waals surface area (Å²) in [7, 11) is 1.58. The molecule has 1 rings (SSSR count). The van der Waals surface area contributed by atoms with Crippen molar-refractivity contribution < 1.29 is 19.8 Å². The summed E-state index contributed by atoms with van der Waals surface area (Å²) in [5.74, 6) is -1.40. The number of nitrogens with zero attached hydrogens (tertiary/aromatic N) is 1. The van der Waals surface area contributed by atoms with Crippen molar-refractivity contribution in [3.63, 3.8) is 0 Å². The van der Waals surface area contributed by atoms with Crippen molar-refractivity contribution in [3.8, 4) is 0 Å². The van der Waals surface area contributed by atoms with E-state index < -0.39 is 18.0 Å². The molecule has 6 heteroatoms. The third-order valence-corrected chi connectivity index (χ3v) is 2.59. The average molecular weight is 242 g/mol. The molecule has 6 nitrogen and oxygen atoms in total. The molecular weight excluding hydrogens is 224 g/mol. The molecule has 2 amide bonds. The molecule has 1 aliphatic rings. The summed E-state index contributed by atoms with van der Waals surface area (Å²) in [6, 6.07) is -0.563. The standard InChI is InChI=1S/C11H18N2O4/c1-7(14)6-13(2)11(17)12-9-4-3-8(5-9)10(15)16/h3-4,7-9,14H,5-6H2,1-2H3,(H,12,17)(H,15,16). The Morgan fingerprint density at radius 2 is 2.18 bits per heavy atom. The molecule has 0 bridgehead atoms. The Balaban J connectivity index is 2.38. The number of amides is 2. The predicted octanol–water partition coefficient (Wildman–Crippen LogP) is 0.0379. The fraction of sp³-hybridized carbons (Fsp3) is 0.636. The lowest BCUT2D eigenvalue weighted by atomic mass is 10.1. The Kier molecular flexibility index (Phi) is 4.51. The molecule has 0 saturated heterocycles. The van der Waals surface area contributed by atoms with Crippen LogP contribution in [-0.4, -0.2) is 52.9 Å². The predicted molar refractivity (Wildman–Crippen MR) is 61.5 cm³/mol. The van der Waals surface area contributed by atoms with Gasteiger partial charge in [0.25, 0.3) is 0 Å². The summed E-state index contributed by atoms with van der Waals surface area (Å²) in [6.45, 7) is 1.84. The Labute approximate surface area is 99.9 Å². The first-order valence-corrected chi connectivity index (χ1v) is 5.51. The van der Waals surface area contributed by atoms with E-state index in [0.717, 1.165) is 0 Å². The first kappa shape index (κ1) is 13.5. The molecular formula is C11H18N2O4. The van der Waals surface area contributed by atoms with E-state index in [-0.39, 0.29) is 18.6 Å². The number of aliphatic carboxylic acids is 1. The normalized spacial score (nSPS) is 24.4. The van der Waals surface area contributed by atoms with Crippen LogP contribution in [0.25, 0.3) is 0 Å². The van der Waals surface area contributed by atoms with E-state index >= 15 is 0 Å². The maximum Gasteiger partial charge on any atom is 0.317 e. The van der Waals surface area contributed by atoms with Crippen molar-refractivity contribution in [1.82, 2.24) is 10.2 Å². The number of carbonyl (C=O) groups excluding carboxylic acids is 1. The van der Waals surface area contributed by atoms with E-state index in [1.807, 2.05) is 0 Å². The number of nitrogens with one attached hydrogen (secondary N) is 1. The van der Waals surface area contributed by atoms with Gasteiger partial charge in [0.1, 0.15) is 0 Å². The smallest absolute Gasteiger partial charge is 0.317 e. The summed E-state index contributed by atoms with van der Waals surface area (Å²) in [6.07, 6.45) is 3.06. The monoisotopic (exact) mass is 242 g/mol. The van der Waals surface area contributed by atoms with Crippen molar-refractivity contribution in [1.29, 1.82) is 0 Å². The Morgan fingerprint density at radius 1 is 1.53 bits per heavy atom. The summed E-state index contributed by atoms with van der Waals surface area (Å²) in [5, 5.41) is 20.6. The first-order valence-electron chi connectivity index (χ1n) is 5.51. The van der Waals surface area contributed by atoms with Gasteiger partial charge in [0.15, 0.2) is 0 Å². The van der Waals surface area contributed by atoms with Gasteiger partial charge >= 0.3 is 12.0 Å². The second-order valence-electron chi connectivity index (χ2n) is 4.35. The zero-order valence-corrected chi connectivity index (χ0v) is 9.96. The largest absolute Gasteiger partial charge is 0.481 e. The van der Waals surface area contributed by atoms with Crippen LogP contribution in [0.15, 0.2) is 12.2 Å². The van der Waals surface area contributed by atoms with Crippen molar-refractivity contribution in [2.24, 2.45) is 5.92 Å². The van der Waals surface area contributed by atoms with Crippen LogP contribution in [0.4, 0.5) is 4.79 Å². The highest BCUT2D eigenvalue weighted by Gasteiger charge is 2.26. The van der Waals surface area contributed by atoms with Gasteiger partial charge < -0.3 is 20.4 Å². The van der Waals surface area contributed by atoms with Crippen molar-refractivity contribution in [2.45, 2.75) is 25.5 Å². The van der Waals surface area contributed by atoms with E-state index in [4.69, 9.17) is 10.2 Å². The van der Waals surface area contributed by atoms with Crippen LogP contribution in [0.2, 0.25) is 0 Å². The minimum absolute atomic E-state index is 0.241. The molecule has 0 aliphatic heterocycles. The SMILES string of the molecule is CC(O)CN(C)C(=O)NC1C=CC(C(=O)O)C1. The van der Waals surface area contributed by atoms with Gasteiger partial charge in [0.05, 0.1) is 18.1 Å². The lowest BCUT2D eigenvalue weighted by molar-refractivity contribution is -0.140. The molecule has 0 spiro atoms. The summed E-state index contributed by atoms with van der Waals surface area (Å²) in [5.41, 5.74) is 0. The highest BCUT2D eigenvalue weighted by molar-refractivity contribution is 5.76. The zero-order valence-electron chi connectivity index (χ0n) is 9.96. The second-order valence-corrected chi connectivity index (χ2v) is 4.35. The summed E-state index contributed by atoms with van der Waals surface area (Å²) >= 11 is 0. The number of carboxylic acid groups (broad SMARTS) is 1. The number of hydrogen-bond donors (Lipinski definition) is 3. The lowest BCUT2D eigenvalue weighted by Gasteiger charge is -2.21. The number of aliphatic hydroxyl groups is 1. The molecule has 3 unspecified atom stereocenters. The van der Waals surface area contributed by atoms with Crippen LogP contribution < -0.4 is 5.32 Å². The molecule has 0 saturated carbocycles. The van der Waals surface area contributed by atoms with Crippen molar-refractivity contribution in [2.75, 3.05) is 13.6 Å². The Hall–Kier alpha value is -1.56. The molecule has 0 aromatic carbocycles. The average Bonchev–Trinajstić information content (AvgIpc) is 2.65. The van der Waals surface area contributed by atoms with E-state index in [1.54, 1.807) is 26.1 Å². The quantitative estimate of drug-likeness (QED) is 0.607. The van der Waals surface area contributed by atoms with Gasteiger partial charge in [-0.1, -0.05) is 12.2 Å². The van der Waals surface area contributed by atoms with Crippen LogP contribution in [0.5, 0.6) is 0 Å². The molecule has 3 atom stereocenters. The fourth-order valence-electron chi connectivity index (χ4n) is 1.74. The number of urea groups is 1. The minimum atomic E-state index is -0.879. The second kappa shape index (κ2) is 5.67. The lowest BCUT2D eigenvalue weighted by Crippen LogP contribution is -2.44. The number of likely N-dealkylation sites (N-methyl/N-ethyl adjacent to an activating group) is 1. The third-order valence-electron chi connectivity index (χ3n) is 2.59. The molecule has 17 heavy (non-hydrogen) atoms. The molecule has 0 heterocycles. The van der Waals surface area contributed by atoms with Gasteiger partial charge in [-0.25, -0.2) is 4.79 Å². The maximum atomic E-state index is 11.6. The number of carboxylic acids is 1. The van der Waals surface area contributed by atoms with Gasteiger partial charge in [-0.2, -0.15) is 0 Å². The topological polar surface area (TPSA) is 89.9 Å². The van der Waals surface area contributed by atoms with Crippen molar-refractivity contribution >= 4 is 12.0 Å². The Morgan fingerprint density at radius 3 is 2.65 bits per heavy atom. The van der Waals surface area contributed by atoms with Gasteiger partial charge in [-0.3, -0.25) is 4.79 Å². The Bertz CT molecular complexity index is 327. The minimum Gasteiger partial charge on any atom is -0.481 e. The molecule has 0 aromatic rings. The van der Waals surface area contributed by atoms with Gasteiger partial charge in [0.2, 0.25) is 0 Å². The van der Waals surface area contributed by atoms with Crippen LogP contribution in [0.3, 0.4) is 0 Å². The fourth-order valence-corrected chi connectivity index (χ4v) is 1.74. The van der Waals surface area contributed by atoms with Crippen LogP contribution in [-0.2, 0) is 4.79 Å². The molecule has 0 fully saturated rings. The number of hydrogen-bond acceptors (Lipinski definition) is 3. The third kappa shape index (κ3) is 4.07. The van der Waals surface area contributed by atoms with Crippen LogP contribution in [0, 0.1) is 5.92 Å². The van der Waals surface area contributed by atoms with Gasteiger partial charge in [-0.05, 0) is 13.3 Å². The molecule has 0 radical (unpaired) electrons. The van der Waals surface area contributed by atoms with E-state index in [1.165, 1.54) is 4.90 Å². The first-order chi connectivity index (χ1) is 7.90. The number of carbonyl (C=O) groups is 2. The maximum absolute atomic E-state index is 11.6. The molecule has 96 valence electrons. The van der Waals surface area contributed by atoms with E-state index in [2.05, 4.69) is 5.32 Å². The molecule has 3 N–H and O–H groups in total. The van der Waals surface area contributed by atoms with Crippen LogP contribution in [0.1, 0.15) is 13.3 Å². The molecule has 0 aromatic heterocycles. The van der Waals surface area contributed by atoms with E-state index in [9.17, 15) is 9.59 Å². The number of rotatable bonds is 4. The van der Waals surface area contributed by atoms with E-state index in [0.29, 0.717) is 6.42 Å². The van der Waals surface area contributed by atoms with Gasteiger partial charge in [0, 0.05) is 13.6 Å². The summed E-state index contributed by atoms with van der Waals surface area (Å²) in [4.78, 5) is 23.7. The van der Waals surface area contributed by atoms with Crippen molar-refractivity contribution in [3.05, 3.63) is 12.2 Å².